The van der Waals surface area contributed by atoms with E-state index < -0.39 is 5.56 Å². The second kappa shape index (κ2) is 3.69. The number of nitrogens with zero attached hydrogens (tertiary/aromatic N) is 1. The first kappa shape index (κ1) is 10.2. The molecule has 0 bridgehead atoms. The number of aromatic nitrogens is 2. The third kappa shape index (κ3) is 1.88. The van der Waals surface area contributed by atoms with Gasteiger partial charge in [-0.15, -0.1) is 0 Å². The van der Waals surface area contributed by atoms with Crippen LogP contribution < -0.4 is 11.3 Å². The molecule has 0 saturated carbocycles. The topological polar surface area (TPSA) is 92.0 Å². The highest BCUT2D eigenvalue weighted by atomic mass is 16.3. The molecule has 0 aliphatic heterocycles. The first-order valence-electron chi connectivity index (χ1n) is 4.73. The number of nitrogens with two attached hydrogens (primary N) is 1. The Balaban J connectivity index is 2.66. The van der Waals surface area contributed by atoms with Gasteiger partial charge in [0.05, 0.1) is 6.07 Å². The van der Waals surface area contributed by atoms with E-state index in [1.165, 1.54) is 0 Å². The van der Waals surface area contributed by atoms with Crippen LogP contribution in [0.3, 0.4) is 0 Å². The normalized spacial score (nSPS) is 10.3. The Labute approximate surface area is 91.6 Å². The fourth-order valence-corrected chi connectivity index (χ4v) is 1.45. The molecule has 0 aliphatic rings. The molecule has 0 fully saturated rings. The number of H-pyrrole nitrogens is 1. The van der Waals surface area contributed by atoms with Crippen LogP contribution in [0.5, 0.6) is 5.88 Å². The van der Waals surface area contributed by atoms with Gasteiger partial charge in [-0.05, 0) is 19.1 Å². The van der Waals surface area contributed by atoms with Crippen molar-refractivity contribution in [2.45, 2.75) is 6.92 Å². The Hall–Kier alpha value is -2.30. The van der Waals surface area contributed by atoms with Crippen molar-refractivity contribution in [3.63, 3.8) is 0 Å². The smallest absolute Gasteiger partial charge is 0.254 e. The lowest BCUT2D eigenvalue weighted by molar-refractivity contribution is 0.452. The third-order valence-corrected chi connectivity index (χ3v) is 2.19. The van der Waals surface area contributed by atoms with Crippen molar-refractivity contribution in [3.8, 4) is 17.3 Å². The van der Waals surface area contributed by atoms with Gasteiger partial charge < -0.3 is 15.8 Å². The summed E-state index contributed by atoms with van der Waals surface area (Å²) < 4.78 is 0. The quantitative estimate of drug-likeness (QED) is 0.622. The van der Waals surface area contributed by atoms with Crippen LogP contribution >= 0.6 is 0 Å². The molecule has 2 rings (SSSR count). The van der Waals surface area contributed by atoms with E-state index in [0.717, 1.165) is 11.6 Å². The standard InChI is InChI=1S/C11H11N3O2/c1-6-2-3-8(12)7(4-6)11-13-9(15)5-10(16)14-11/h2-5H,12H2,1H3,(H2,13,14,15,16). The van der Waals surface area contributed by atoms with E-state index in [4.69, 9.17) is 5.73 Å². The van der Waals surface area contributed by atoms with Gasteiger partial charge in [-0.1, -0.05) is 11.6 Å². The zero-order chi connectivity index (χ0) is 11.7. The Kier molecular flexibility index (Phi) is 2.36. The maximum Gasteiger partial charge on any atom is 0.254 e. The number of aromatic amines is 1. The van der Waals surface area contributed by atoms with E-state index in [1.807, 2.05) is 13.0 Å². The number of hydrogen-bond acceptors (Lipinski definition) is 4. The Morgan fingerprint density at radius 3 is 2.81 bits per heavy atom. The molecule has 0 amide bonds. The Morgan fingerprint density at radius 1 is 1.38 bits per heavy atom. The SMILES string of the molecule is Cc1ccc(N)c(-c2nc(O)cc(=O)[nH]2)c1. The van der Waals surface area contributed by atoms with Crippen molar-refractivity contribution in [1.29, 1.82) is 0 Å². The average Bonchev–Trinajstić information content (AvgIpc) is 2.20. The van der Waals surface area contributed by atoms with Gasteiger partial charge in [0.15, 0.2) is 0 Å². The van der Waals surface area contributed by atoms with Gasteiger partial charge in [0, 0.05) is 11.3 Å². The Morgan fingerprint density at radius 2 is 2.12 bits per heavy atom. The summed E-state index contributed by atoms with van der Waals surface area (Å²) in [4.78, 5) is 17.5. The van der Waals surface area contributed by atoms with Gasteiger partial charge in [-0.2, -0.15) is 4.98 Å². The summed E-state index contributed by atoms with van der Waals surface area (Å²) in [6.45, 7) is 1.91. The highest BCUT2D eigenvalue weighted by Gasteiger charge is 2.07. The molecule has 2 aromatic rings. The summed E-state index contributed by atoms with van der Waals surface area (Å²) in [6, 6.07) is 6.40. The number of benzene rings is 1. The minimum Gasteiger partial charge on any atom is -0.493 e. The minimum atomic E-state index is -0.414. The highest BCUT2D eigenvalue weighted by molar-refractivity contribution is 5.72. The summed E-state index contributed by atoms with van der Waals surface area (Å²) in [5.41, 5.74) is 7.46. The molecule has 0 saturated heterocycles. The summed E-state index contributed by atoms with van der Waals surface area (Å²) in [7, 11) is 0. The molecule has 5 nitrogen and oxygen atoms in total. The second-order valence-corrected chi connectivity index (χ2v) is 3.54. The van der Waals surface area contributed by atoms with Crippen molar-refractivity contribution in [3.05, 3.63) is 40.2 Å². The van der Waals surface area contributed by atoms with Crippen molar-refractivity contribution in [2.24, 2.45) is 0 Å². The number of rotatable bonds is 1. The number of hydrogen-bond donors (Lipinski definition) is 3. The van der Waals surface area contributed by atoms with E-state index in [0.29, 0.717) is 11.3 Å². The molecule has 1 aromatic carbocycles. The van der Waals surface area contributed by atoms with Crippen molar-refractivity contribution in [1.82, 2.24) is 9.97 Å². The van der Waals surface area contributed by atoms with E-state index in [9.17, 15) is 9.90 Å². The first-order chi connectivity index (χ1) is 7.56. The highest BCUT2D eigenvalue weighted by Crippen LogP contribution is 2.23. The van der Waals surface area contributed by atoms with E-state index in [2.05, 4.69) is 9.97 Å². The first-order valence-corrected chi connectivity index (χ1v) is 4.73. The maximum absolute atomic E-state index is 11.2. The molecule has 4 N–H and O–H groups in total. The van der Waals surface area contributed by atoms with Crippen LogP contribution in [0.2, 0.25) is 0 Å². The molecule has 0 radical (unpaired) electrons. The largest absolute Gasteiger partial charge is 0.493 e. The van der Waals surface area contributed by atoms with Gasteiger partial charge in [-0.25, -0.2) is 0 Å². The predicted octanol–water partition coefficient (Wildman–Crippen LogP) is 1.03. The van der Waals surface area contributed by atoms with Gasteiger partial charge >= 0.3 is 0 Å². The van der Waals surface area contributed by atoms with Crippen LogP contribution in [0, 0.1) is 6.92 Å². The van der Waals surface area contributed by atoms with Gasteiger partial charge in [0.2, 0.25) is 5.88 Å². The molecular formula is C11H11N3O2. The summed E-state index contributed by atoms with van der Waals surface area (Å²) >= 11 is 0. The molecule has 1 aromatic heterocycles. The minimum absolute atomic E-state index is 0.270. The number of aryl methyl sites for hydroxylation is 1. The number of aromatic hydroxyl groups is 1. The van der Waals surface area contributed by atoms with Gasteiger partial charge in [0.1, 0.15) is 5.82 Å². The van der Waals surface area contributed by atoms with Gasteiger partial charge in [0.25, 0.3) is 5.56 Å². The molecule has 5 heteroatoms. The van der Waals surface area contributed by atoms with Crippen molar-refractivity contribution >= 4 is 5.69 Å². The van der Waals surface area contributed by atoms with Crippen LogP contribution in [0.15, 0.2) is 29.1 Å². The fraction of sp³-hybridized carbons (Fsp3) is 0.0909. The monoisotopic (exact) mass is 217 g/mol. The van der Waals surface area contributed by atoms with E-state index in [1.54, 1.807) is 12.1 Å². The van der Waals surface area contributed by atoms with Crippen LogP contribution in [-0.4, -0.2) is 15.1 Å². The summed E-state index contributed by atoms with van der Waals surface area (Å²) in [5.74, 6) is -0.0501. The lowest BCUT2D eigenvalue weighted by atomic mass is 10.1. The van der Waals surface area contributed by atoms with E-state index in [-0.39, 0.29) is 11.7 Å². The summed E-state index contributed by atoms with van der Waals surface area (Å²) in [5, 5.41) is 9.24. The molecule has 0 aliphatic carbocycles. The lowest BCUT2D eigenvalue weighted by Crippen LogP contribution is -2.07. The van der Waals surface area contributed by atoms with Crippen LogP contribution in [0.25, 0.3) is 11.4 Å². The van der Waals surface area contributed by atoms with Crippen LogP contribution in [0.4, 0.5) is 5.69 Å². The third-order valence-electron chi connectivity index (χ3n) is 2.19. The van der Waals surface area contributed by atoms with Crippen LogP contribution in [-0.2, 0) is 0 Å². The number of anilines is 1. The van der Waals surface area contributed by atoms with Gasteiger partial charge in [-0.3, -0.25) is 4.79 Å². The summed E-state index contributed by atoms with van der Waals surface area (Å²) in [6.07, 6.45) is 0. The zero-order valence-electron chi connectivity index (χ0n) is 8.69. The van der Waals surface area contributed by atoms with Crippen LogP contribution in [0.1, 0.15) is 5.56 Å². The molecule has 0 spiro atoms. The zero-order valence-corrected chi connectivity index (χ0v) is 8.69. The van der Waals surface area contributed by atoms with Crippen molar-refractivity contribution in [2.75, 3.05) is 5.73 Å². The maximum atomic E-state index is 11.2. The molecule has 16 heavy (non-hydrogen) atoms. The molecule has 82 valence electrons. The average molecular weight is 217 g/mol. The fourth-order valence-electron chi connectivity index (χ4n) is 1.45. The molecule has 0 atom stereocenters. The molecule has 1 heterocycles. The number of nitrogen functional groups attached to an aromatic ring is 1. The lowest BCUT2D eigenvalue weighted by Gasteiger charge is -2.05. The molecular weight excluding hydrogens is 206 g/mol. The predicted molar refractivity (Wildman–Crippen MR) is 61.1 cm³/mol. The second-order valence-electron chi connectivity index (χ2n) is 3.54. The van der Waals surface area contributed by atoms with E-state index >= 15 is 0 Å². The van der Waals surface area contributed by atoms with Crippen molar-refractivity contribution < 1.29 is 5.11 Å². The molecule has 0 unspecified atom stereocenters. The number of nitrogens with one attached hydrogen (secondary N) is 1. The Bertz CT molecular complexity index is 590.